The highest BCUT2D eigenvalue weighted by atomic mass is 35.5. The molecule has 0 unspecified atom stereocenters. The predicted octanol–water partition coefficient (Wildman–Crippen LogP) is 3.96. The first-order valence-electron chi connectivity index (χ1n) is 8.62. The van der Waals surface area contributed by atoms with Crippen molar-refractivity contribution in [1.29, 1.82) is 0 Å². The summed E-state index contributed by atoms with van der Waals surface area (Å²) in [4.78, 5) is 28.4. The van der Waals surface area contributed by atoms with Crippen molar-refractivity contribution in [2.24, 2.45) is 0 Å². The number of fused-ring (bicyclic) bond motifs is 1. The highest BCUT2D eigenvalue weighted by Gasteiger charge is 2.24. The summed E-state index contributed by atoms with van der Waals surface area (Å²) in [6.45, 7) is 2.53. The first kappa shape index (κ1) is 18.3. The Morgan fingerprint density at radius 3 is 2.69 bits per heavy atom. The molecule has 0 aliphatic carbocycles. The van der Waals surface area contributed by atoms with Crippen molar-refractivity contribution in [2.45, 2.75) is 19.8 Å². The molecule has 0 saturated carbocycles. The number of hydrogen-bond acceptors (Lipinski definition) is 3. The molecule has 2 aromatic carbocycles. The van der Waals surface area contributed by atoms with Crippen molar-refractivity contribution in [3.8, 4) is 0 Å². The highest BCUT2D eigenvalue weighted by Crippen LogP contribution is 2.33. The molecule has 0 aromatic heterocycles. The van der Waals surface area contributed by atoms with E-state index < -0.39 is 0 Å². The number of carbonyl (C=O) groups excluding carboxylic acids is 2. The van der Waals surface area contributed by atoms with Crippen molar-refractivity contribution in [1.82, 2.24) is 0 Å². The van der Waals surface area contributed by atoms with E-state index in [1.165, 1.54) is 0 Å². The van der Waals surface area contributed by atoms with Crippen molar-refractivity contribution < 1.29 is 9.59 Å². The zero-order valence-electron chi connectivity index (χ0n) is 15.2. The molecule has 0 atom stereocenters. The van der Waals surface area contributed by atoms with Gasteiger partial charge >= 0.3 is 0 Å². The number of benzene rings is 2. The third kappa shape index (κ3) is 3.40. The molecule has 26 heavy (non-hydrogen) atoms. The molecule has 3 rings (SSSR count). The van der Waals surface area contributed by atoms with Crippen molar-refractivity contribution in [2.75, 3.05) is 35.8 Å². The van der Waals surface area contributed by atoms with Gasteiger partial charge in [-0.15, -0.1) is 0 Å². The Balaban J connectivity index is 1.85. The maximum Gasteiger partial charge on any atom is 0.255 e. The minimum atomic E-state index is -0.196. The minimum absolute atomic E-state index is 0.107. The average molecular weight is 372 g/mol. The summed E-state index contributed by atoms with van der Waals surface area (Å²) in [7, 11) is 3.76. The molecule has 1 heterocycles. The molecule has 0 fully saturated rings. The quantitative estimate of drug-likeness (QED) is 0.885. The summed E-state index contributed by atoms with van der Waals surface area (Å²) in [5, 5.41) is 3.52. The molecule has 6 heteroatoms. The zero-order chi connectivity index (χ0) is 18.8. The SMILES string of the molecule is CCC(=O)N1CCc2cc(C(=O)Nc3cccc(Cl)c3N(C)C)ccc21. The summed E-state index contributed by atoms with van der Waals surface area (Å²) in [5.74, 6) is -0.0889. The number of halogens is 1. The molecule has 136 valence electrons. The van der Waals surface area contributed by atoms with Crippen LogP contribution in [0.1, 0.15) is 29.3 Å². The van der Waals surface area contributed by atoms with Crippen LogP contribution in [0.5, 0.6) is 0 Å². The number of nitrogens with one attached hydrogen (secondary N) is 1. The van der Waals surface area contributed by atoms with Crippen LogP contribution in [0.3, 0.4) is 0 Å². The molecule has 0 radical (unpaired) electrons. The van der Waals surface area contributed by atoms with E-state index >= 15 is 0 Å². The number of rotatable bonds is 4. The second-order valence-electron chi connectivity index (χ2n) is 6.48. The Bertz CT molecular complexity index is 864. The average Bonchev–Trinajstić information content (AvgIpc) is 3.03. The molecular weight excluding hydrogens is 350 g/mol. The van der Waals surface area contributed by atoms with Gasteiger partial charge in [0.05, 0.1) is 16.4 Å². The lowest BCUT2D eigenvalue weighted by Gasteiger charge is -2.19. The van der Waals surface area contributed by atoms with Crippen LogP contribution >= 0.6 is 11.6 Å². The Kier molecular flexibility index (Phi) is 5.18. The van der Waals surface area contributed by atoms with E-state index in [0.29, 0.717) is 29.2 Å². The molecule has 0 saturated heterocycles. The molecule has 1 aliphatic rings. The molecule has 5 nitrogen and oxygen atoms in total. The first-order valence-corrected chi connectivity index (χ1v) is 9.00. The Morgan fingerprint density at radius 1 is 1.23 bits per heavy atom. The van der Waals surface area contributed by atoms with Gasteiger partial charge in [0.15, 0.2) is 0 Å². The van der Waals surface area contributed by atoms with Gasteiger partial charge in [0.2, 0.25) is 5.91 Å². The van der Waals surface area contributed by atoms with Crippen LogP contribution in [0.4, 0.5) is 17.1 Å². The largest absolute Gasteiger partial charge is 0.375 e. The molecule has 2 aromatic rings. The molecule has 1 N–H and O–H groups in total. The number of hydrogen-bond donors (Lipinski definition) is 1. The summed E-state index contributed by atoms with van der Waals surface area (Å²) in [6, 6.07) is 10.9. The number of carbonyl (C=O) groups is 2. The summed E-state index contributed by atoms with van der Waals surface area (Å²) < 4.78 is 0. The van der Waals surface area contributed by atoms with Crippen LogP contribution in [-0.2, 0) is 11.2 Å². The summed E-state index contributed by atoms with van der Waals surface area (Å²) in [5.41, 5.74) is 3.93. The van der Waals surface area contributed by atoms with Crippen LogP contribution in [0.15, 0.2) is 36.4 Å². The zero-order valence-corrected chi connectivity index (χ0v) is 15.9. The van der Waals surface area contributed by atoms with Gasteiger partial charge in [0, 0.05) is 38.3 Å². The molecule has 2 amide bonds. The van der Waals surface area contributed by atoms with Gasteiger partial charge < -0.3 is 15.1 Å². The third-order valence-corrected chi connectivity index (χ3v) is 4.83. The van der Waals surface area contributed by atoms with Gasteiger partial charge in [-0.25, -0.2) is 0 Å². The van der Waals surface area contributed by atoms with Gasteiger partial charge in [-0.1, -0.05) is 24.6 Å². The van der Waals surface area contributed by atoms with Crippen LogP contribution in [0.2, 0.25) is 5.02 Å². The number of anilines is 3. The smallest absolute Gasteiger partial charge is 0.255 e. The van der Waals surface area contributed by atoms with Crippen LogP contribution in [-0.4, -0.2) is 32.5 Å². The van der Waals surface area contributed by atoms with Gasteiger partial charge in [-0.05, 0) is 42.3 Å². The lowest BCUT2D eigenvalue weighted by atomic mass is 10.1. The summed E-state index contributed by atoms with van der Waals surface area (Å²) >= 11 is 6.26. The van der Waals surface area contributed by atoms with E-state index in [1.807, 2.05) is 50.2 Å². The van der Waals surface area contributed by atoms with E-state index in [9.17, 15) is 9.59 Å². The number of para-hydroxylation sites is 1. The van der Waals surface area contributed by atoms with Crippen LogP contribution in [0, 0.1) is 0 Å². The fraction of sp³-hybridized carbons (Fsp3) is 0.300. The highest BCUT2D eigenvalue weighted by molar-refractivity contribution is 6.34. The molecule has 0 spiro atoms. The standard InChI is InChI=1S/C20H22ClN3O2/c1-4-18(25)24-11-10-13-12-14(8-9-17(13)24)20(26)22-16-7-5-6-15(21)19(16)23(2)3/h5-9,12H,4,10-11H2,1-3H3,(H,22,26). The monoisotopic (exact) mass is 371 g/mol. The van der Waals surface area contributed by atoms with Crippen molar-refractivity contribution in [3.63, 3.8) is 0 Å². The van der Waals surface area contributed by atoms with Crippen molar-refractivity contribution >= 4 is 40.5 Å². The van der Waals surface area contributed by atoms with E-state index in [4.69, 9.17) is 11.6 Å². The van der Waals surface area contributed by atoms with Gasteiger partial charge in [-0.3, -0.25) is 9.59 Å². The van der Waals surface area contributed by atoms with Crippen LogP contribution in [0.25, 0.3) is 0 Å². The summed E-state index contributed by atoms with van der Waals surface area (Å²) in [6.07, 6.45) is 1.24. The van der Waals surface area contributed by atoms with E-state index in [-0.39, 0.29) is 11.8 Å². The Morgan fingerprint density at radius 2 is 2.00 bits per heavy atom. The number of nitrogens with zero attached hydrogens (tertiary/aromatic N) is 2. The first-order chi connectivity index (χ1) is 12.4. The third-order valence-electron chi connectivity index (χ3n) is 4.52. The van der Waals surface area contributed by atoms with Gasteiger partial charge in [0.25, 0.3) is 5.91 Å². The topological polar surface area (TPSA) is 52.7 Å². The second kappa shape index (κ2) is 7.38. The maximum absolute atomic E-state index is 12.7. The van der Waals surface area contributed by atoms with Gasteiger partial charge in [0.1, 0.15) is 0 Å². The van der Waals surface area contributed by atoms with E-state index in [0.717, 1.165) is 23.4 Å². The number of amides is 2. The fourth-order valence-electron chi connectivity index (χ4n) is 3.26. The van der Waals surface area contributed by atoms with Gasteiger partial charge in [-0.2, -0.15) is 0 Å². The Hall–Kier alpha value is -2.53. The molecule has 0 bridgehead atoms. The lowest BCUT2D eigenvalue weighted by Crippen LogP contribution is -2.27. The molecule has 1 aliphatic heterocycles. The Labute approximate surface area is 158 Å². The van der Waals surface area contributed by atoms with Crippen LogP contribution < -0.4 is 15.1 Å². The van der Waals surface area contributed by atoms with E-state index in [2.05, 4.69) is 5.32 Å². The minimum Gasteiger partial charge on any atom is -0.375 e. The fourth-order valence-corrected chi connectivity index (χ4v) is 3.60. The van der Waals surface area contributed by atoms with E-state index in [1.54, 1.807) is 17.0 Å². The lowest BCUT2D eigenvalue weighted by molar-refractivity contribution is -0.118. The predicted molar refractivity (Wildman–Crippen MR) is 107 cm³/mol. The normalized spacial score (nSPS) is 12.7. The second-order valence-corrected chi connectivity index (χ2v) is 6.88. The maximum atomic E-state index is 12.7. The van der Waals surface area contributed by atoms with Crippen molar-refractivity contribution in [3.05, 3.63) is 52.5 Å². The molecular formula is C20H22ClN3O2.